The van der Waals surface area contributed by atoms with Crippen molar-refractivity contribution in [2.75, 3.05) is 13.6 Å². The molecule has 0 aromatic carbocycles. The summed E-state index contributed by atoms with van der Waals surface area (Å²) in [7, 11) is 1.88. The number of nitrogens with two attached hydrogens (primary N) is 1. The maximum absolute atomic E-state index is 12.0. The van der Waals surface area contributed by atoms with Gasteiger partial charge in [0.15, 0.2) is 5.96 Å². The molecule has 1 saturated carbocycles. The Labute approximate surface area is 116 Å². The molecule has 1 unspecified atom stereocenters. The van der Waals surface area contributed by atoms with Gasteiger partial charge in [0, 0.05) is 19.1 Å². The normalized spacial score (nSPS) is 19.0. The monoisotopic (exact) mass is 268 g/mol. The van der Waals surface area contributed by atoms with Gasteiger partial charge in [-0.15, -0.1) is 0 Å². The highest BCUT2D eigenvalue weighted by Gasteiger charge is 2.21. The molecule has 0 aliphatic heterocycles. The molecule has 5 nitrogen and oxygen atoms in total. The lowest BCUT2D eigenvalue weighted by atomic mass is 9.94. The molecule has 19 heavy (non-hydrogen) atoms. The number of rotatable bonds is 5. The van der Waals surface area contributed by atoms with E-state index in [1.54, 1.807) is 0 Å². The van der Waals surface area contributed by atoms with Crippen LogP contribution < -0.4 is 11.1 Å². The predicted molar refractivity (Wildman–Crippen MR) is 79.0 cm³/mol. The van der Waals surface area contributed by atoms with E-state index in [4.69, 9.17) is 5.73 Å². The summed E-state index contributed by atoms with van der Waals surface area (Å²) >= 11 is 0. The minimum Gasteiger partial charge on any atom is -0.370 e. The largest absolute Gasteiger partial charge is 0.370 e. The summed E-state index contributed by atoms with van der Waals surface area (Å²) in [4.78, 5) is 18.0. The first-order valence-electron chi connectivity index (χ1n) is 7.36. The van der Waals surface area contributed by atoms with Crippen LogP contribution in [0.4, 0.5) is 0 Å². The third kappa shape index (κ3) is 5.49. The van der Waals surface area contributed by atoms with Gasteiger partial charge in [-0.2, -0.15) is 0 Å². The van der Waals surface area contributed by atoms with E-state index >= 15 is 0 Å². The van der Waals surface area contributed by atoms with Crippen LogP contribution in [-0.4, -0.2) is 42.4 Å². The van der Waals surface area contributed by atoms with Gasteiger partial charge in [0.2, 0.25) is 5.91 Å². The summed E-state index contributed by atoms with van der Waals surface area (Å²) in [5, 5.41) is 3.06. The Bertz CT molecular complexity index is 311. The Morgan fingerprint density at radius 1 is 1.42 bits per heavy atom. The number of carbonyl (C=O) groups excluding carboxylic acids is 1. The highest BCUT2D eigenvalue weighted by Crippen LogP contribution is 2.21. The van der Waals surface area contributed by atoms with Gasteiger partial charge in [-0.05, 0) is 26.2 Å². The van der Waals surface area contributed by atoms with Crippen molar-refractivity contribution < 1.29 is 4.79 Å². The molecule has 0 heterocycles. The molecule has 0 radical (unpaired) electrons. The van der Waals surface area contributed by atoms with Crippen LogP contribution in [0.3, 0.4) is 0 Å². The van der Waals surface area contributed by atoms with E-state index in [-0.39, 0.29) is 18.5 Å². The Morgan fingerprint density at radius 3 is 2.63 bits per heavy atom. The minimum absolute atomic E-state index is 0.0563. The van der Waals surface area contributed by atoms with Crippen molar-refractivity contribution in [3.8, 4) is 0 Å². The van der Waals surface area contributed by atoms with Crippen LogP contribution in [0.15, 0.2) is 4.99 Å². The molecule has 0 spiro atoms. The second-order valence-corrected chi connectivity index (χ2v) is 5.45. The summed E-state index contributed by atoms with van der Waals surface area (Å²) in [6.45, 7) is 4.26. The third-order valence-corrected chi connectivity index (χ3v) is 3.91. The second kappa shape index (κ2) is 8.02. The molecule has 5 heteroatoms. The number of carbonyl (C=O) groups is 1. The van der Waals surface area contributed by atoms with E-state index in [1.165, 1.54) is 19.3 Å². The first-order chi connectivity index (χ1) is 9.04. The summed E-state index contributed by atoms with van der Waals surface area (Å²) in [6.07, 6.45) is 6.96. The first kappa shape index (κ1) is 15.8. The van der Waals surface area contributed by atoms with Gasteiger partial charge in [0.05, 0.1) is 0 Å². The zero-order chi connectivity index (χ0) is 14.3. The number of nitrogens with zero attached hydrogens (tertiary/aromatic N) is 2. The molecule has 3 N–H and O–H groups in total. The average molecular weight is 268 g/mol. The molecule has 1 aliphatic rings. The molecule has 1 atom stereocenters. The van der Waals surface area contributed by atoms with Gasteiger partial charge in [-0.25, -0.2) is 4.99 Å². The van der Waals surface area contributed by atoms with Crippen LogP contribution in [0, 0.1) is 0 Å². The maximum Gasteiger partial charge on any atom is 0.244 e. The Balaban J connectivity index is 2.38. The predicted octanol–water partition coefficient (Wildman–Crippen LogP) is 1.48. The third-order valence-electron chi connectivity index (χ3n) is 3.91. The van der Waals surface area contributed by atoms with E-state index in [2.05, 4.69) is 17.2 Å². The molecule has 1 fully saturated rings. The zero-order valence-electron chi connectivity index (χ0n) is 12.5. The van der Waals surface area contributed by atoms with E-state index < -0.39 is 0 Å². The van der Waals surface area contributed by atoms with Crippen molar-refractivity contribution in [1.29, 1.82) is 0 Å². The van der Waals surface area contributed by atoms with Gasteiger partial charge in [-0.3, -0.25) is 4.79 Å². The van der Waals surface area contributed by atoms with Crippen molar-refractivity contribution >= 4 is 11.9 Å². The quantitative estimate of drug-likeness (QED) is 0.586. The fraction of sp³-hybridized carbons (Fsp3) is 0.857. The highest BCUT2D eigenvalue weighted by atomic mass is 16.2. The number of aliphatic imine (C=N–C) groups is 1. The molecule has 0 aromatic rings. The Morgan fingerprint density at radius 2 is 2.05 bits per heavy atom. The number of likely N-dealkylation sites (N-methyl/N-ethyl adjacent to an activating group) is 1. The number of nitrogens with one attached hydrogen (secondary N) is 1. The molecular weight excluding hydrogens is 240 g/mol. The molecule has 110 valence electrons. The van der Waals surface area contributed by atoms with Crippen LogP contribution >= 0.6 is 0 Å². The van der Waals surface area contributed by atoms with Crippen LogP contribution in [0.2, 0.25) is 0 Å². The summed E-state index contributed by atoms with van der Waals surface area (Å²) < 4.78 is 0. The van der Waals surface area contributed by atoms with Gasteiger partial charge >= 0.3 is 0 Å². The van der Waals surface area contributed by atoms with Crippen molar-refractivity contribution in [3.05, 3.63) is 0 Å². The fourth-order valence-electron chi connectivity index (χ4n) is 2.34. The molecule has 0 saturated heterocycles. The van der Waals surface area contributed by atoms with Crippen molar-refractivity contribution in [2.45, 2.75) is 64.5 Å². The number of hydrogen-bond donors (Lipinski definition) is 2. The van der Waals surface area contributed by atoms with Gasteiger partial charge < -0.3 is 16.0 Å². The summed E-state index contributed by atoms with van der Waals surface area (Å²) in [6, 6.07) is 0.676. The van der Waals surface area contributed by atoms with Crippen molar-refractivity contribution in [3.63, 3.8) is 0 Å². The van der Waals surface area contributed by atoms with Gasteiger partial charge in [-0.1, -0.05) is 26.2 Å². The van der Waals surface area contributed by atoms with Crippen molar-refractivity contribution in [1.82, 2.24) is 10.2 Å². The smallest absolute Gasteiger partial charge is 0.244 e. The highest BCUT2D eigenvalue weighted by molar-refractivity contribution is 5.84. The van der Waals surface area contributed by atoms with Gasteiger partial charge in [0.1, 0.15) is 6.54 Å². The fourth-order valence-corrected chi connectivity index (χ4v) is 2.34. The number of amides is 1. The average Bonchev–Trinajstić information content (AvgIpc) is 2.44. The topological polar surface area (TPSA) is 70.7 Å². The lowest BCUT2D eigenvalue weighted by Crippen LogP contribution is -2.41. The summed E-state index contributed by atoms with van der Waals surface area (Å²) in [5.41, 5.74) is 5.75. The summed E-state index contributed by atoms with van der Waals surface area (Å²) in [5.74, 6) is 0.417. The van der Waals surface area contributed by atoms with E-state index in [9.17, 15) is 4.79 Å². The first-order valence-corrected chi connectivity index (χ1v) is 7.36. The standard InChI is InChI=1S/C14H28N4O/c1-4-11(2)17-14(15)16-10-13(19)18(3)12-8-6-5-7-9-12/h11-12H,4-10H2,1-3H3,(H3,15,16,17). The van der Waals surface area contributed by atoms with E-state index in [1.807, 2.05) is 18.9 Å². The zero-order valence-corrected chi connectivity index (χ0v) is 12.5. The van der Waals surface area contributed by atoms with Crippen LogP contribution in [0.5, 0.6) is 0 Å². The van der Waals surface area contributed by atoms with E-state index in [0.717, 1.165) is 19.3 Å². The molecular formula is C14H28N4O. The van der Waals surface area contributed by atoms with Crippen molar-refractivity contribution in [2.24, 2.45) is 10.7 Å². The molecule has 0 aromatic heterocycles. The van der Waals surface area contributed by atoms with Crippen LogP contribution in [0.1, 0.15) is 52.4 Å². The van der Waals surface area contributed by atoms with E-state index in [0.29, 0.717) is 12.0 Å². The maximum atomic E-state index is 12.0. The van der Waals surface area contributed by atoms with Crippen LogP contribution in [-0.2, 0) is 4.79 Å². The molecule has 1 rings (SSSR count). The molecule has 1 amide bonds. The Hall–Kier alpha value is -1.26. The Kier molecular flexibility index (Phi) is 6.67. The number of guanidine groups is 1. The lowest BCUT2D eigenvalue weighted by molar-refractivity contribution is -0.130. The van der Waals surface area contributed by atoms with Crippen LogP contribution in [0.25, 0.3) is 0 Å². The lowest BCUT2D eigenvalue weighted by Gasteiger charge is -2.30. The van der Waals surface area contributed by atoms with Gasteiger partial charge in [0.25, 0.3) is 0 Å². The second-order valence-electron chi connectivity index (χ2n) is 5.45. The number of hydrogen-bond acceptors (Lipinski definition) is 2. The molecule has 1 aliphatic carbocycles. The minimum atomic E-state index is 0.0563. The molecule has 0 bridgehead atoms. The SMILES string of the molecule is CCC(C)NC(N)=NCC(=O)N(C)C1CCCCC1.